The van der Waals surface area contributed by atoms with Crippen LogP contribution in [0.3, 0.4) is 0 Å². The highest BCUT2D eigenvalue weighted by Gasteiger charge is 2.39. The zero-order valence-electron chi connectivity index (χ0n) is 15.9. The van der Waals surface area contributed by atoms with Gasteiger partial charge in [0.15, 0.2) is 0 Å². The molecule has 0 aliphatic carbocycles. The van der Waals surface area contributed by atoms with Crippen molar-refractivity contribution in [3.63, 3.8) is 0 Å². The minimum Gasteiger partial charge on any atom is -0.450 e. The molecule has 8 heteroatoms. The Balaban J connectivity index is 1.30. The maximum atomic E-state index is 12.7. The molecule has 4 rings (SSSR count). The van der Waals surface area contributed by atoms with Crippen molar-refractivity contribution < 1.29 is 19.1 Å². The summed E-state index contributed by atoms with van der Waals surface area (Å²) >= 11 is 0. The van der Waals surface area contributed by atoms with Gasteiger partial charge in [0, 0.05) is 56.4 Å². The number of nitrogens with one attached hydrogen (secondary N) is 1. The van der Waals surface area contributed by atoms with E-state index in [4.69, 9.17) is 4.74 Å². The number of hydrogen-bond donors (Lipinski definition) is 1. The molecule has 0 saturated carbocycles. The number of rotatable bonds is 3. The third-order valence-electron chi connectivity index (χ3n) is 5.46. The van der Waals surface area contributed by atoms with E-state index in [1.54, 1.807) is 27.8 Å². The molecule has 1 aromatic heterocycles. The normalized spacial score (nSPS) is 17.5. The van der Waals surface area contributed by atoms with Crippen LogP contribution in [0.25, 0.3) is 10.9 Å². The van der Waals surface area contributed by atoms with E-state index < -0.39 is 0 Å². The minimum absolute atomic E-state index is 0.0476. The van der Waals surface area contributed by atoms with Crippen molar-refractivity contribution in [1.29, 1.82) is 0 Å². The van der Waals surface area contributed by atoms with Crippen LogP contribution in [0, 0.1) is 5.92 Å². The van der Waals surface area contributed by atoms with Gasteiger partial charge in [-0.1, -0.05) is 18.2 Å². The Morgan fingerprint density at radius 2 is 1.71 bits per heavy atom. The van der Waals surface area contributed by atoms with Crippen molar-refractivity contribution in [2.24, 2.45) is 5.92 Å². The summed E-state index contributed by atoms with van der Waals surface area (Å²) in [6.45, 7) is 4.97. The number of nitrogens with zero attached hydrogens (tertiary/aromatic N) is 3. The predicted molar refractivity (Wildman–Crippen MR) is 103 cm³/mol. The number of carbonyl (C=O) groups is 3. The molecule has 28 heavy (non-hydrogen) atoms. The van der Waals surface area contributed by atoms with Crippen LogP contribution in [-0.2, 0) is 9.53 Å². The average Bonchev–Trinajstić information content (AvgIpc) is 3.11. The maximum Gasteiger partial charge on any atom is 0.409 e. The lowest BCUT2D eigenvalue weighted by molar-refractivity contribution is -0.141. The number of likely N-dealkylation sites (tertiary alicyclic amines) is 1. The summed E-state index contributed by atoms with van der Waals surface area (Å²) in [6, 6.07) is 7.69. The number of H-pyrrole nitrogens is 1. The van der Waals surface area contributed by atoms with Gasteiger partial charge in [0.05, 0.1) is 18.1 Å². The third-order valence-corrected chi connectivity index (χ3v) is 5.46. The number of hydrogen-bond acceptors (Lipinski definition) is 4. The number of carbonyl (C=O) groups excluding carboxylic acids is 3. The molecule has 1 N–H and O–H groups in total. The quantitative estimate of drug-likeness (QED) is 0.870. The molecule has 1 aromatic carbocycles. The lowest BCUT2D eigenvalue weighted by Crippen LogP contribution is -2.59. The number of piperazine rings is 1. The summed E-state index contributed by atoms with van der Waals surface area (Å²) in [6.07, 6.45) is 1.41. The van der Waals surface area contributed by atoms with Crippen LogP contribution in [0.5, 0.6) is 0 Å². The van der Waals surface area contributed by atoms with Crippen molar-refractivity contribution in [1.82, 2.24) is 19.7 Å². The lowest BCUT2D eigenvalue weighted by atomic mass is 9.96. The number of amides is 3. The molecule has 2 aliphatic rings. The second-order valence-electron chi connectivity index (χ2n) is 7.17. The van der Waals surface area contributed by atoms with E-state index in [0.29, 0.717) is 51.4 Å². The van der Waals surface area contributed by atoms with Gasteiger partial charge in [-0.05, 0) is 13.0 Å². The van der Waals surface area contributed by atoms with Crippen LogP contribution in [0.15, 0.2) is 30.5 Å². The molecular formula is C20H24N4O4. The van der Waals surface area contributed by atoms with Gasteiger partial charge in [0.25, 0.3) is 5.91 Å². The van der Waals surface area contributed by atoms with Gasteiger partial charge in [-0.15, -0.1) is 0 Å². The highest BCUT2D eigenvalue weighted by Crippen LogP contribution is 2.25. The van der Waals surface area contributed by atoms with E-state index in [1.807, 2.05) is 24.3 Å². The number of aromatic amines is 1. The van der Waals surface area contributed by atoms with E-state index in [9.17, 15) is 14.4 Å². The van der Waals surface area contributed by atoms with Crippen molar-refractivity contribution in [2.75, 3.05) is 45.9 Å². The molecule has 8 nitrogen and oxygen atoms in total. The van der Waals surface area contributed by atoms with Crippen LogP contribution in [-0.4, -0.2) is 83.5 Å². The first-order chi connectivity index (χ1) is 13.6. The fraction of sp³-hybridized carbons (Fsp3) is 0.450. The van der Waals surface area contributed by atoms with E-state index in [1.165, 1.54) is 0 Å². The minimum atomic E-state index is -0.325. The summed E-state index contributed by atoms with van der Waals surface area (Å²) in [7, 11) is 0. The van der Waals surface area contributed by atoms with Gasteiger partial charge in [-0.3, -0.25) is 9.59 Å². The topological polar surface area (TPSA) is 85.9 Å². The SMILES string of the molecule is CCOC(=O)N1CCN(C(=O)C2CN(C(=O)c3c[nH]c4ccccc34)C2)CC1. The third kappa shape index (κ3) is 3.30. The summed E-state index contributed by atoms with van der Waals surface area (Å²) in [4.78, 5) is 45.4. The molecule has 2 fully saturated rings. The fourth-order valence-corrected chi connectivity index (χ4v) is 3.80. The first-order valence-corrected chi connectivity index (χ1v) is 9.64. The molecule has 0 atom stereocenters. The number of ether oxygens (including phenoxy) is 1. The highest BCUT2D eigenvalue weighted by atomic mass is 16.6. The Bertz CT molecular complexity index is 894. The molecule has 0 spiro atoms. The van der Waals surface area contributed by atoms with Gasteiger partial charge in [0.1, 0.15) is 0 Å². The van der Waals surface area contributed by atoms with Crippen molar-refractivity contribution >= 4 is 28.8 Å². The molecule has 3 heterocycles. The number of aromatic nitrogens is 1. The Labute approximate surface area is 163 Å². The molecule has 2 aromatic rings. The number of para-hydroxylation sites is 1. The zero-order chi connectivity index (χ0) is 19.7. The molecule has 2 aliphatic heterocycles. The number of fused-ring (bicyclic) bond motifs is 1. The monoisotopic (exact) mass is 384 g/mol. The fourth-order valence-electron chi connectivity index (χ4n) is 3.80. The van der Waals surface area contributed by atoms with E-state index in [0.717, 1.165) is 10.9 Å². The first-order valence-electron chi connectivity index (χ1n) is 9.64. The van der Waals surface area contributed by atoms with Crippen molar-refractivity contribution in [3.05, 3.63) is 36.0 Å². The zero-order valence-corrected chi connectivity index (χ0v) is 15.9. The van der Waals surface area contributed by atoms with E-state index in [-0.39, 0.29) is 23.8 Å². The van der Waals surface area contributed by atoms with Gasteiger partial charge >= 0.3 is 6.09 Å². The maximum absolute atomic E-state index is 12.7. The first kappa shape index (κ1) is 18.3. The standard InChI is InChI=1S/C20H24N4O4/c1-2-28-20(27)23-9-7-22(8-10-23)18(25)14-12-24(13-14)19(26)16-11-21-17-6-4-3-5-15(16)17/h3-6,11,14,21H,2,7-10,12-13H2,1H3. The summed E-state index contributed by atoms with van der Waals surface area (Å²) < 4.78 is 5.00. The molecule has 0 unspecified atom stereocenters. The lowest BCUT2D eigenvalue weighted by Gasteiger charge is -2.42. The van der Waals surface area contributed by atoms with Crippen LogP contribution in [0.1, 0.15) is 17.3 Å². The number of benzene rings is 1. The summed E-state index contributed by atoms with van der Waals surface area (Å²) in [5.74, 6) is -0.150. The molecule has 3 amide bonds. The highest BCUT2D eigenvalue weighted by molar-refractivity contribution is 6.07. The van der Waals surface area contributed by atoms with Crippen LogP contribution in [0.4, 0.5) is 4.79 Å². The van der Waals surface area contributed by atoms with Crippen LogP contribution >= 0.6 is 0 Å². The van der Waals surface area contributed by atoms with E-state index in [2.05, 4.69) is 4.98 Å². The second-order valence-corrected chi connectivity index (χ2v) is 7.17. The van der Waals surface area contributed by atoms with Gasteiger partial charge in [-0.25, -0.2) is 4.79 Å². The Kier molecular flexibility index (Phi) is 4.93. The average molecular weight is 384 g/mol. The smallest absolute Gasteiger partial charge is 0.409 e. The van der Waals surface area contributed by atoms with Crippen molar-refractivity contribution in [3.8, 4) is 0 Å². The Morgan fingerprint density at radius 3 is 2.43 bits per heavy atom. The summed E-state index contributed by atoms with van der Waals surface area (Å²) in [5, 5.41) is 0.900. The Hall–Kier alpha value is -3.03. The molecule has 0 bridgehead atoms. The largest absolute Gasteiger partial charge is 0.450 e. The molecular weight excluding hydrogens is 360 g/mol. The van der Waals surface area contributed by atoms with Gasteiger partial charge in [-0.2, -0.15) is 0 Å². The van der Waals surface area contributed by atoms with Gasteiger partial charge < -0.3 is 24.4 Å². The predicted octanol–water partition coefficient (Wildman–Crippen LogP) is 1.54. The molecule has 2 saturated heterocycles. The molecule has 0 radical (unpaired) electrons. The molecule has 148 valence electrons. The van der Waals surface area contributed by atoms with Crippen LogP contribution < -0.4 is 0 Å². The van der Waals surface area contributed by atoms with E-state index >= 15 is 0 Å². The Morgan fingerprint density at radius 1 is 1.04 bits per heavy atom. The van der Waals surface area contributed by atoms with Gasteiger partial charge in [0.2, 0.25) is 5.91 Å². The summed E-state index contributed by atoms with van der Waals surface area (Å²) in [5.41, 5.74) is 1.57. The second kappa shape index (κ2) is 7.53. The van der Waals surface area contributed by atoms with Crippen molar-refractivity contribution in [2.45, 2.75) is 6.92 Å². The van der Waals surface area contributed by atoms with Crippen LogP contribution in [0.2, 0.25) is 0 Å².